The van der Waals surface area contributed by atoms with Crippen LogP contribution in [0.5, 0.6) is 0 Å². The molecule has 0 aliphatic rings. The Bertz CT molecular complexity index is 534. The fraction of sp³-hybridized carbons (Fsp3) is 0.250. The highest BCUT2D eigenvalue weighted by molar-refractivity contribution is 9.10. The number of aliphatic hydroxyl groups excluding tert-OH is 1. The van der Waals surface area contributed by atoms with Gasteiger partial charge in [-0.05, 0) is 31.2 Å². The first-order chi connectivity index (χ1) is 7.99. The van der Waals surface area contributed by atoms with Gasteiger partial charge < -0.3 is 5.11 Å². The predicted octanol–water partition coefficient (Wildman–Crippen LogP) is 2.71. The Labute approximate surface area is 107 Å². The molecule has 1 unspecified atom stereocenters. The van der Waals surface area contributed by atoms with E-state index in [0.717, 1.165) is 10.2 Å². The molecule has 0 bridgehead atoms. The third-order valence-corrected chi connectivity index (χ3v) is 3.16. The smallest absolute Gasteiger partial charge is 0.129 e. The molecule has 0 spiro atoms. The molecular weight excluding hydrogens is 287 g/mol. The third kappa shape index (κ3) is 2.40. The van der Waals surface area contributed by atoms with Crippen LogP contribution >= 0.6 is 15.9 Å². The Kier molecular flexibility index (Phi) is 3.31. The fourth-order valence-electron chi connectivity index (χ4n) is 1.61. The van der Waals surface area contributed by atoms with Crippen molar-refractivity contribution in [1.29, 1.82) is 0 Å². The predicted molar refractivity (Wildman–Crippen MR) is 66.1 cm³/mol. The average Bonchev–Trinajstić information content (AvgIpc) is 2.62. The van der Waals surface area contributed by atoms with Crippen molar-refractivity contribution in [3.05, 3.63) is 51.5 Å². The summed E-state index contributed by atoms with van der Waals surface area (Å²) in [6.07, 6.45) is -1.05. The standard InChI is InChI=1S/C12H12BrFN2O/c1-7-5-11(15-16(7)2)12(17)9-6-8(13)3-4-10(9)14/h3-6,12,17H,1-2H3. The first-order valence-corrected chi connectivity index (χ1v) is 5.92. The van der Waals surface area contributed by atoms with Crippen molar-refractivity contribution in [2.24, 2.45) is 7.05 Å². The molecule has 0 saturated carbocycles. The molecule has 0 radical (unpaired) electrons. The van der Waals surface area contributed by atoms with Crippen LogP contribution in [0.2, 0.25) is 0 Å². The van der Waals surface area contributed by atoms with Gasteiger partial charge in [-0.15, -0.1) is 0 Å². The number of aliphatic hydroxyl groups is 1. The minimum Gasteiger partial charge on any atom is -0.382 e. The highest BCUT2D eigenvalue weighted by Gasteiger charge is 2.18. The van der Waals surface area contributed by atoms with Gasteiger partial charge in [0.05, 0.1) is 5.69 Å². The van der Waals surface area contributed by atoms with Crippen LogP contribution in [0, 0.1) is 12.7 Å². The lowest BCUT2D eigenvalue weighted by Gasteiger charge is -2.09. The molecule has 2 rings (SSSR count). The molecule has 0 aliphatic heterocycles. The normalized spacial score (nSPS) is 12.8. The van der Waals surface area contributed by atoms with Crippen molar-refractivity contribution >= 4 is 15.9 Å². The molecule has 17 heavy (non-hydrogen) atoms. The molecule has 1 aromatic carbocycles. The van der Waals surface area contributed by atoms with Gasteiger partial charge in [0.25, 0.3) is 0 Å². The molecule has 1 aromatic heterocycles. The zero-order valence-corrected chi connectivity index (χ0v) is 11.1. The lowest BCUT2D eigenvalue weighted by molar-refractivity contribution is 0.209. The second kappa shape index (κ2) is 4.58. The minimum absolute atomic E-state index is 0.220. The number of hydrogen-bond acceptors (Lipinski definition) is 2. The lowest BCUT2D eigenvalue weighted by Crippen LogP contribution is -2.04. The van der Waals surface area contributed by atoms with Crippen LogP contribution in [-0.2, 0) is 7.05 Å². The molecule has 1 atom stereocenters. The lowest BCUT2D eigenvalue weighted by atomic mass is 10.1. The Hall–Kier alpha value is -1.20. The maximum Gasteiger partial charge on any atom is 0.129 e. The number of halogens is 2. The topological polar surface area (TPSA) is 38.1 Å². The molecule has 0 fully saturated rings. The number of benzene rings is 1. The Balaban J connectivity index is 2.42. The van der Waals surface area contributed by atoms with Gasteiger partial charge >= 0.3 is 0 Å². The zero-order valence-electron chi connectivity index (χ0n) is 9.48. The molecule has 5 heteroatoms. The molecular formula is C12H12BrFN2O. The minimum atomic E-state index is -1.05. The molecule has 90 valence electrons. The van der Waals surface area contributed by atoms with Gasteiger partial charge in [-0.2, -0.15) is 5.10 Å². The maximum absolute atomic E-state index is 13.6. The molecule has 3 nitrogen and oxygen atoms in total. The highest BCUT2D eigenvalue weighted by Crippen LogP contribution is 2.26. The Morgan fingerprint density at radius 3 is 2.71 bits per heavy atom. The molecule has 0 aliphatic carbocycles. The first-order valence-electron chi connectivity index (χ1n) is 5.12. The van der Waals surface area contributed by atoms with Crippen LogP contribution in [0.1, 0.15) is 23.1 Å². The van der Waals surface area contributed by atoms with E-state index >= 15 is 0 Å². The molecule has 2 aromatic rings. The van der Waals surface area contributed by atoms with Crippen LogP contribution in [0.4, 0.5) is 4.39 Å². The molecule has 1 N–H and O–H groups in total. The van der Waals surface area contributed by atoms with E-state index in [1.54, 1.807) is 29.9 Å². The SMILES string of the molecule is Cc1cc(C(O)c2cc(Br)ccc2F)nn1C. The summed E-state index contributed by atoms with van der Waals surface area (Å²) in [5.41, 5.74) is 1.58. The van der Waals surface area contributed by atoms with Crippen LogP contribution in [0.3, 0.4) is 0 Å². The third-order valence-electron chi connectivity index (χ3n) is 2.67. The van der Waals surface area contributed by atoms with Crippen LogP contribution in [0.15, 0.2) is 28.7 Å². The number of rotatable bonds is 2. The summed E-state index contributed by atoms with van der Waals surface area (Å²) in [6, 6.07) is 6.21. The van der Waals surface area contributed by atoms with Crippen molar-refractivity contribution in [2.75, 3.05) is 0 Å². The number of hydrogen-bond donors (Lipinski definition) is 1. The van der Waals surface area contributed by atoms with Gasteiger partial charge in [-0.1, -0.05) is 15.9 Å². The molecule has 0 amide bonds. The average molecular weight is 299 g/mol. The van der Waals surface area contributed by atoms with Gasteiger partial charge in [0, 0.05) is 22.8 Å². The van der Waals surface area contributed by atoms with Gasteiger partial charge in [0.15, 0.2) is 0 Å². The van der Waals surface area contributed by atoms with Gasteiger partial charge in [0.2, 0.25) is 0 Å². The van der Waals surface area contributed by atoms with Crippen LogP contribution in [-0.4, -0.2) is 14.9 Å². The maximum atomic E-state index is 13.6. The Morgan fingerprint density at radius 2 is 2.12 bits per heavy atom. The van der Waals surface area contributed by atoms with Crippen molar-refractivity contribution in [2.45, 2.75) is 13.0 Å². The monoisotopic (exact) mass is 298 g/mol. The van der Waals surface area contributed by atoms with E-state index in [4.69, 9.17) is 0 Å². The van der Waals surface area contributed by atoms with Gasteiger partial charge in [0.1, 0.15) is 11.9 Å². The number of nitrogens with zero attached hydrogens (tertiary/aromatic N) is 2. The number of aryl methyl sites for hydroxylation is 2. The summed E-state index contributed by atoms with van der Waals surface area (Å²) >= 11 is 3.25. The summed E-state index contributed by atoms with van der Waals surface area (Å²) in [7, 11) is 1.78. The van der Waals surface area contributed by atoms with Crippen molar-refractivity contribution in [3.8, 4) is 0 Å². The summed E-state index contributed by atoms with van der Waals surface area (Å²) in [5.74, 6) is -0.441. The Morgan fingerprint density at radius 1 is 1.41 bits per heavy atom. The summed E-state index contributed by atoms with van der Waals surface area (Å²) in [4.78, 5) is 0. The fourth-order valence-corrected chi connectivity index (χ4v) is 1.98. The van der Waals surface area contributed by atoms with E-state index in [0.29, 0.717) is 5.69 Å². The molecule has 0 saturated heterocycles. The highest BCUT2D eigenvalue weighted by atomic mass is 79.9. The van der Waals surface area contributed by atoms with Crippen LogP contribution in [0.25, 0.3) is 0 Å². The largest absolute Gasteiger partial charge is 0.382 e. The van der Waals surface area contributed by atoms with Crippen molar-refractivity contribution in [3.63, 3.8) is 0 Å². The second-order valence-electron chi connectivity index (χ2n) is 3.90. The van der Waals surface area contributed by atoms with E-state index in [-0.39, 0.29) is 5.56 Å². The van der Waals surface area contributed by atoms with Gasteiger partial charge in [-0.25, -0.2) is 4.39 Å². The van der Waals surface area contributed by atoms with Crippen molar-refractivity contribution in [1.82, 2.24) is 9.78 Å². The van der Waals surface area contributed by atoms with E-state index in [2.05, 4.69) is 21.0 Å². The van der Waals surface area contributed by atoms with Crippen molar-refractivity contribution < 1.29 is 9.50 Å². The van der Waals surface area contributed by atoms with Crippen LogP contribution < -0.4 is 0 Å². The van der Waals surface area contributed by atoms with E-state index in [1.165, 1.54) is 6.07 Å². The summed E-state index contributed by atoms with van der Waals surface area (Å²) in [5, 5.41) is 14.2. The molecule has 1 heterocycles. The summed E-state index contributed by atoms with van der Waals surface area (Å²) < 4.78 is 16.0. The number of aromatic nitrogens is 2. The second-order valence-corrected chi connectivity index (χ2v) is 4.82. The van der Waals surface area contributed by atoms with E-state index in [9.17, 15) is 9.50 Å². The summed E-state index contributed by atoms with van der Waals surface area (Å²) in [6.45, 7) is 1.88. The van der Waals surface area contributed by atoms with E-state index in [1.807, 2.05) is 6.92 Å². The van der Waals surface area contributed by atoms with Gasteiger partial charge in [-0.3, -0.25) is 4.68 Å². The zero-order chi connectivity index (χ0) is 12.6. The van der Waals surface area contributed by atoms with E-state index < -0.39 is 11.9 Å². The first kappa shape index (κ1) is 12.3. The quantitative estimate of drug-likeness (QED) is 0.926.